The number of rotatable bonds is 6. The van der Waals surface area contributed by atoms with Crippen LogP contribution in [0.1, 0.15) is 29.9 Å². The molecule has 2 amide bonds. The molecule has 0 fully saturated rings. The lowest BCUT2D eigenvalue weighted by Crippen LogP contribution is -2.30. The first-order valence-electron chi connectivity index (χ1n) is 8.44. The Morgan fingerprint density at radius 2 is 1.88 bits per heavy atom. The van der Waals surface area contributed by atoms with E-state index in [-0.39, 0.29) is 24.1 Å². The van der Waals surface area contributed by atoms with Crippen molar-refractivity contribution in [3.05, 3.63) is 65.5 Å². The Morgan fingerprint density at radius 1 is 1.16 bits per heavy atom. The number of hydrogen-bond acceptors (Lipinski definition) is 2. The van der Waals surface area contributed by atoms with Gasteiger partial charge < -0.3 is 10.2 Å². The van der Waals surface area contributed by atoms with E-state index in [1.165, 1.54) is 12.1 Å². The Hall–Kier alpha value is -2.69. The van der Waals surface area contributed by atoms with Crippen LogP contribution in [-0.4, -0.2) is 25.4 Å². The third kappa shape index (κ3) is 3.87. The highest BCUT2D eigenvalue weighted by Gasteiger charge is 2.35. The summed E-state index contributed by atoms with van der Waals surface area (Å²) in [5, 5.41) is 2.87. The summed E-state index contributed by atoms with van der Waals surface area (Å²) in [6.07, 6.45) is 1.71. The predicted octanol–water partition coefficient (Wildman–Crippen LogP) is 3.02. The first kappa shape index (κ1) is 17.1. The van der Waals surface area contributed by atoms with Gasteiger partial charge in [0.2, 0.25) is 11.8 Å². The maximum Gasteiger partial charge on any atom is 0.234 e. The summed E-state index contributed by atoms with van der Waals surface area (Å²) in [6, 6.07) is 14.0. The van der Waals surface area contributed by atoms with Crippen molar-refractivity contribution in [2.45, 2.75) is 25.2 Å². The number of nitrogens with zero attached hydrogens (tertiary/aromatic N) is 1. The highest BCUT2D eigenvalue weighted by Crippen LogP contribution is 2.37. The molecule has 1 atom stereocenters. The fraction of sp³-hybridized carbons (Fsp3) is 0.300. The molecule has 0 radical (unpaired) electrons. The number of aryl methyl sites for hydroxylation is 1. The third-order valence-electron chi connectivity index (χ3n) is 4.57. The standard InChI is InChI=1S/C20H21FN2O2/c1-23-18-7-3-2-6-16(18)17(20(23)25)13-19(24)22-12-4-5-14-8-10-15(21)11-9-14/h2-3,6-11,17H,4-5,12-13H2,1H3,(H,22,24)/t17-/m1/s1. The number of amides is 2. The Kier molecular flexibility index (Phi) is 5.12. The van der Waals surface area contributed by atoms with E-state index in [1.54, 1.807) is 24.1 Å². The molecule has 0 aliphatic carbocycles. The molecule has 5 heteroatoms. The Labute approximate surface area is 146 Å². The molecule has 0 spiro atoms. The number of likely N-dealkylation sites (N-methyl/N-ethyl adjacent to an activating group) is 1. The molecule has 1 N–H and O–H groups in total. The molecule has 4 nitrogen and oxygen atoms in total. The molecular formula is C20H21FN2O2. The molecule has 0 bridgehead atoms. The number of halogens is 1. The number of nitrogens with one attached hydrogen (secondary N) is 1. The molecule has 1 aliphatic heterocycles. The Balaban J connectivity index is 1.48. The number of benzene rings is 2. The van der Waals surface area contributed by atoms with Crippen molar-refractivity contribution >= 4 is 17.5 Å². The van der Waals surface area contributed by atoms with Gasteiger partial charge in [-0.25, -0.2) is 4.39 Å². The summed E-state index contributed by atoms with van der Waals surface area (Å²) in [5.41, 5.74) is 2.83. The largest absolute Gasteiger partial charge is 0.356 e. The van der Waals surface area contributed by atoms with Crippen LogP contribution in [0.4, 0.5) is 10.1 Å². The molecular weight excluding hydrogens is 319 g/mol. The lowest BCUT2D eigenvalue weighted by atomic mass is 9.97. The monoisotopic (exact) mass is 340 g/mol. The van der Waals surface area contributed by atoms with Crippen molar-refractivity contribution in [3.8, 4) is 0 Å². The molecule has 25 heavy (non-hydrogen) atoms. The minimum absolute atomic E-state index is 0.0392. The first-order valence-corrected chi connectivity index (χ1v) is 8.44. The van der Waals surface area contributed by atoms with Gasteiger partial charge in [0.1, 0.15) is 5.82 Å². The van der Waals surface area contributed by atoms with E-state index < -0.39 is 5.92 Å². The molecule has 1 aliphatic rings. The number of anilines is 1. The zero-order valence-electron chi connectivity index (χ0n) is 14.2. The lowest BCUT2D eigenvalue weighted by Gasteiger charge is -2.11. The molecule has 0 aromatic heterocycles. The second-order valence-electron chi connectivity index (χ2n) is 6.29. The van der Waals surface area contributed by atoms with Gasteiger partial charge in [-0.3, -0.25) is 9.59 Å². The Morgan fingerprint density at radius 3 is 2.64 bits per heavy atom. The zero-order chi connectivity index (χ0) is 17.8. The van der Waals surface area contributed by atoms with Crippen LogP contribution in [0.3, 0.4) is 0 Å². The smallest absolute Gasteiger partial charge is 0.234 e. The molecule has 0 saturated heterocycles. The van der Waals surface area contributed by atoms with Crippen molar-refractivity contribution in [2.75, 3.05) is 18.5 Å². The van der Waals surface area contributed by atoms with Crippen LogP contribution in [0.25, 0.3) is 0 Å². The van der Waals surface area contributed by atoms with Gasteiger partial charge >= 0.3 is 0 Å². The van der Waals surface area contributed by atoms with Gasteiger partial charge in [0, 0.05) is 25.7 Å². The Bertz CT molecular complexity index is 774. The minimum Gasteiger partial charge on any atom is -0.356 e. The van der Waals surface area contributed by atoms with Crippen LogP contribution in [0, 0.1) is 5.82 Å². The molecule has 1 heterocycles. The van der Waals surface area contributed by atoms with Crippen LogP contribution < -0.4 is 10.2 Å². The van der Waals surface area contributed by atoms with Crippen LogP contribution in [0.15, 0.2) is 48.5 Å². The molecule has 130 valence electrons. The minimum atomic E-state index is -0.404. The van der Waals surface area contributed by atoms with Crippen LogP contribution in [0.5, 0.6) is 0 Å². The van der Waals surface area contributed by atoms with E-state index in [4.69, 9.17) is 0 Å². The average molecular weight is 340 g/mol. The highest BCUT2D eigenvalue weighted by atomic mass is 19.1. The summed E-state index contributed by atoms with van der Waals surface area (Å²) < 4.78 is 12.9. The quantitative estimate of drug-likeness (QED) is 0.822. The maximum atomic E-state index is 12.9. The number of fused-ring (bicyclic) bond motifs is 1. The summed E-state index contributed by atoms with van der Waals surface area (Å²) in [4.78, 5) is 26.2. The van der Waals surface area contributed by atoms with Crippen molar-refractivity contribution in [1.29, 1.82) is 0 Å². The van der Waals surface area contributed by atoms with E-state index in [1.807, 2.05) is 24.3 Å². The van der Waals surface area contributed by atoms with Crippen molar-refractivity contribution in [1.82, 2.24) is 5.32 Å². The summed E-state index contributed by atoms with van der Waals surface area (Å²) >= 11 is 0. The van der Waals surface area contributed by atoms with Crippen LogP contribution in [0.2, 0.25) is 0 Å². The summed E-state index contributed by atoms with van der Waals surface area (Å²) in [7, 11) is 1.74. The van der Waals surface area contributed by atoms with Gasteiger partial charge in [-0.15, -0.1) is 0 Å². The molecule has 2 aromatic carbocycles. The molecule has 2 aromatic rings. The third-order valence-corrected chi connectivity index (χ3v) is 4.57. The van der Waals surface area contributed by atoms with Crippen molar-refractivity contribution < 1.29 is 14.0 Å². The number of carbonyl (C=O) groups excluding carboxylic acids is 2. The van der Waals surface area contributed by atoms with E-state index >= 15 is 0 Å². The second-order valence-corrected chi connectivity index (χ2v) is 6.29. The van der Waals surface area contributed by atoms with E-state index in [2.05, 4.69) is 5.32 Å². The predicted molar refractivity (Wildman–Crippen MR) is 94.9 cm³/mol. The van der Waals surface area contributed by atoms with Gasteiger partial charge in [-0.1, -0.05) is 30.3 Å². The van der Waals surface area contributed by atoms with Gasteiger partial charge in [0.25, 0.3) is 0 Å². The van der Waals surface area contributed by atoms with E-state index in [0.717, 1.165) is 29.7 Å². The van der Waals surface area contributed by atoms with Gasteiger partial charge in [-0.2, -0.15) is 0 Å². The van der Waals surface area contributed by atoms with Gasteiger partial charge in [-0.05, 0) is 42.2 Å². The first-order chi connectivity index (χ1) is 12.1. The maximum absolute atomic E-state index is 12.9. The zero-order valence-corrected chi connectivity index (χ0v) is 14.2. The van der Waals surface area contributed by atoms with Crippen molar-refractivity contribution in [3.63, 3.8) is 0 Å². The lowest BCUT2D eigenvalue weighted by molar-refractivity contribution is -0.125. The number of hydrogen-bond donors (Lipinski definition) is 1. The SMILES string of the molecule is CN1C(=O)[C@H](CC(=O)NCCCc2ccc(F)cc2)c2ccccc21. The number of carbonyl (C=O) groups is 2. The van der Waals surface area contributed by atoms with Crippen molar-refractivity contribution in [2.24, 2.45) is 0 Å². The van der Waals surface area contributed by atoms with E-state index in [9.17, 15) is 14.0 Å². The van der Waals surface area contributed by atoms with Gasteiger partial charge in [0.15, 0.2) is 0 Å². The number of para-hydroxylation sites is 1. The highest BCUT2D eigenvalue weighted by molar-refractivity contribution is 6.06. The van der Waals surface area contributed by atoms with E-state index in [0.29, 0.717) is 6.54 Å². The second kappa shape index (κ2) is 7.47. The normalized spacial score (nSPS) is 16.0. The summed E-state index contributed by atoms with van der Waals surface area (Å²) in [6.45, 7) is 0.536. The van der Waals surface area contributed by atoms with Crippen LogP contribution >= 0.6 is 0 Å². The summed E-state index contributed by atoms with van der Waals surface area (Å²) in [5.74, 6) is -0.813. The average Bonchev–Trinajstić information content (AvgIpc) is 2.86. The fourth-order valence-electron chi connectivity index (χ4n) is 3.20. The molecule has 3 rings (SSSR count). The van der Waals surface area contributed by atoms with Gasteiger partial charge in [0.05, 0.1) is 5.92 Å². The fourth-order valence-corrected chi connectivity index (χ4v) is 3.20. The topological polar surface area (TPSA) is 49.4 Å². The van der Waals surface area contributed by atoms with Crippen LogP contribution in [-0.2, 0) is 16.0 Å². The molecule has 0 saturated carbocycles. The molecule has 0 unspecified atom stereocenters.